The second kappa shape index (κ2) is 9.81. The Morgan fingerprint density at radius 2 is 2.06 bits per heavy atom. The van der Waals surface area contributed by atoms with E-state index in [0.29, 0.717) is 30.8 Å². The Bertz CT molecular complexity index is 965. The maximum atomic E-state index is 14.0. The van der Waals surface area contributed by atoms with Gasteiger partial charge in [0.05, 0.1) is 23.8 Å². The van der Waals surface area contributed by atoms with Crippen LogP contribution in [-0.4, -0.2) is 39.2 Å². The normalized spacial score (nSPS) is 14.9. The molecular formula is C22H26F4N4O2. The predicted molar refractivity (Wildman–Crippen MR) is 109 cm³/mol. The quantitative estimate of drug-likeness (QED) is 0.647. The summed E-state index contributed by atoms with van der Waals surface area (Å²) >= 11 is 0. The number of carbonyl (C=O) groups is 1. The minimum atomic E-state index is -4.81. The number of halogens is 4. The van der Waals surface area contributed by atoms with E-state index in [2.05, 4.69) is 29.1 Å². The highest BCUT2D eigenvalue weighted by molar-refractivity contribution is 5.75. The average Bonchev–Trinajstić information content (AvgIpc) is 2.71. The number of amides is 2. The highest BCUT2D eigenvalue weighted by Gasteiger charge is 2.34. The molecule has 2 aromatic rings. The van der Waals surface area contributed by atoms with Crippen molar-refractivity contribution in [2.45, 2.75) is 51.9 Å². The highest BCUT2D eigenvalue weighted by atomic mass is 19.4. The Hall–Kier alpha value is -2.75. The first kappa shape index (κ1) is 23.9. The first-order valence-corrected chi connectivity index (χ1v) is 10.4. The molecule has 0 saturated heterocycles. The molecule has 1 aliphatic rings. The minimum Gasteiger partial charge on any atom is -0.396 e. The molecule has 0 unspecified atom stereocenters. The van der Waals surface area contributed by atoms with Crippen LogP contribution in [0.4, 0.5) is 22.4 Å². The third-order valence-corrected chi connectivity index (χ3v) is 5.29. The first-order valence-electron chi connectivity index (χ1n) is 10.4. The minimum absolute atomic E-state index is 0.0294. The van der Waals surface area contributed by atoms with Crippen molar-refractivity contribution in [3.05, 3.63) is 58.4 Å². The molecule has 2 heterocycles. The summed E-state index contributed by atoms with van der Waals surface area (Å²) < 4.78 is 52.5. The molecule has 32 heavy (non-hydrogen) atoms. The maximum Gasteiger partial charge on any atom is 0.419 e. The average molecular weight is 454 g/mol. The number of hydrogen-bond acceptors (Lipinski definition) is 4. The molecule has 0 radical (unpaired) electrons. The number of aliphatic hydroxyl groups excluding tert-OH is 1. The fraction of sp³-hybridized carbons (Fsp3) is 0.500. The Balaban J connectivity index is 1.74. The van der Waals surface area contributed by atoms with Gasteiger partial charge in [-0.15, -0.1) is 0 Å². The van der Waals surface area contributed by atoms with Gasteiger partial charge in [0.15, 0.2) is 0 Å². The summed E-state index contributed by atoms with van der Waals surface area (Å²) in [5.41, 5.74) is 0.506. The molecule has 0 spiro atoms. The smallest absolute Gasteiger partial charge is 0.396 e. The SMILES string of the molecule is CC(C)Cc1ncc2c(n1)CN(C(=O)N[C@H](CCO)c1ccc(C(F)(F)F)c(F)c1)CC2. The number of aromatic nitrogens is 2. The van der Waals surface area contributed by atoms with Crippen LogP contribution in [-0.2, 0) is 25.6 Å². The van der Waals surface area contributed by atoms with Crippen LogP contribution >= 0.6 is 0 Å². The zero-order chi connectivity index (χ0) is 23.5. The molecule has 10 heteroatoms. The van der Waals surface area contributed by atoms with Crippen LogP contribution in [0.5, 0.6) is 0 Å². The van der Waals surface area contributed by atoms with Crippen LogP contribution in [0.25, 0.3) is 0 Å². The van der Waals surface area contributed by atoms with E-state index in [4.69, 9.17) is 0 Å². The summed E-state index contributed by atoms with van der Waals surface area (Å²) in [5, 5.41) is 12.1. The zero-order valence-electron chi connectivity index (χ0n) is 17.9. The van der Waals surface area contributed by atoms with Crippen molar-refractivity contribution in [2.24, 2.45) is 5.92 Å². The van der Waals surface area contributed by atoms with Crippen molar-refractivity contribution in [3.63, 3.8) is 0 Å². The third-order valence-electron chi connectivity index (χ3n) is 5.29. The number of rotatable bonds is 6. The largest absolute Gasteiger partial charge is 0.419 e. The van der Waals surface area contributed by atoms with Gasteiger partial charge < -0.3 is 15.3 Å². The molecule has 3 rings (SSSR count). The number of urea groups is 1. The second-order valence-corrected chi connectivity index (χ2v) is 8.28. The predicted octanol–water partition coefficient (Wildman–Crippen LogP) is 4.02. The van der Waals surface area contributed by atoms with E-state index >= 15 is 0 Å². The lowest BCUT2D eigenvalue weighted by molar-refractivity contribution is -0.140. The molecule has 0 aliphatic carbocycles. The third kappa shape index (κ3) is 5.73. The van der Waals surface area contributed by atoms with Gasteiger partial charge in [-0.05, 0) is 42.0 Å². The number of nitrogens with one attached hydrogen (secondary N) is 1. The Morgan fingerprint density at radius 1 is 1.31 bits per heavy atom. The van der Waals surface area contributed by atoms with Crippen molar-refractivity contribution < 1.29 is 27.5 Å². The Kier molecular flexibility index (Phi) is 7.33. The number of nitrogens with zero attached hydrogens (tertiary/aromatic N) is 3. The summed E-state index contributed by atoms with van der Waals surface area (Å²) in [4.78, 5) is 23.3. The van der Waals surface area contributed by atoms with E-state index in [-0.39, 0.29) is 25.1 Å². The molecule has 1 atom stereocenters. The van der Waals surface area contributed by atoms with Gasteiger partial charge in [0.1, 0.15) is 11.6 Å². The Morgan fingerprint density at radius 3 is 2.69 bits per heavy atom. The number of fused-ring (bicyclic) bond motifs is 1. The van der Waals surface area contributed by atoms with Crippen molar-refractivity contribution in [1.82, 2.24) is 20.2 Å². The fourth-order valence-electron chi connectivity index (χ4n) is 3.65. The Labute approximate surface area is 183 Å². The topological polar surface area (TPSA) is 78.4 Å². The van der Waals surface area contributed by atoms with E-state index in [1.807, 2.05) is 0 Å². The van der Waals surface area contributed by atoms with Gasteiger partial charge in [-0.2, -0.15) is 13.2 Å². The number of alkyl halides is 3. The van der Waals surface area contributed by atoms with E-state index in [0.717, 1.165) is 29.8 Å². The molecular weight excluding hydrogens is 428 g/mol. The van der Waals surface area contributed by atoms with Crippen molar-refractivity contribution in [1.29, 1.82) is 0 Å². The molecule has 6 nitrogen and oxygen atoms in total. The molecule has 0 saturated carbocycles. The zero-order valence-corrected chi connectivity index (χ0v) is 17.9. The lowest BCUT2D eigenvalue weighted by Crippen LogP contribution is -2.44. The van der Waals surface area contributed by atoms with Gasteiger partial charge in [0.25, 0.3) is 0 Å². The number of aliphatic hydroxyl groups is 1. The van der Waals surface area contributed by atoms with Crippen molar-refractivity contribution >= 4 is 6.03 Å². The number of benzene rings is 1. The summed E-state index contributed by atoms with van der Waals surface area (Å²) in [6.45, 7) is 4.48. The molecule has 1 aromatic heterocycles. The molecule has 1 aliphatic heterocycles. The molecule has 174 valence electrons. The van der Waals surface area contributed by atoms with Gasteiger partial charge in [-0.3, -0.25) is 0 Å². The molecule has 2 N–H and O–H groups in total. The molecule has 1 aromatic carbocycles. The lowest BCUT2D eigenvalue weighted by atomic mass is 10.0. The van der Waals surface area contributed by atoms with Crippen LogP contribution in [0.2, 0.25) is 0 Å². The van der Waals surface area contributed by atoms with Gasteiger partial charge >= 0.3 is 12.2 Å². The summed E-state index contributed by atoms with van der Waals surface area (Å²) in [6, 6.07) is 1.21. The summed E-state index contributed by atoms with van der Waals surface area (Å²) in [7, 11) is 0. The highest BCUT2D eigenvalue weighted by Crippen LogP contribution is 2.33. The monoisotopic (exact) mass is 454 g/mol. The number of carbonyl (C=O) groups excluding carboxylic acids is 1. The van der Waals surface area contributed by atoms with Crippen molar-refractivity contribution in [3.8, 4) is 0 Å². The van der Waals surface area contributed by atoms with E-state index in [1.54, 1.807) is 11.1 Å². The van der Waals surface area contributed by atoms with Crippen LogP contribution in [0.1, 0.15) is 54.5 Å². The number of hydrogen-bond donors (Lipinski definition) is 2. The van der Waals surface area contributed by atoms with Crippen LogP contribution in [0, 0.1) is 11.7 Å². The van der Waals surface area contributed by atoms with Gasteiger partial charge in [0, 0.05) is 25.8 Å². The van der Waals surface area contributed by atoms with Crippen LogP contribution in [0.15, 0.2) is 24.4 Å². The lowest BCUT2D eigenvalue weighted by Gasteiger charge is -2.30. The van der Waals surface area contributed by atoms with E-state index < -0.39 is 29.6 Å². The van der Waals surface area contributed by atoms with Gasteiger partial charge in [-0.25, -0.2) is 19.2 Å². The summed E-state index contributed by atoms with van der Waals surface area (Å²) in [5.74, 6) is -0.327. The van der Waals surface area contributed by atoms with E-state index in [1.165, 1.54) is 0 Å². The van der Waals surface area contributed by atoms with Gasteiger partial charge in [0.2, 0.25) is 0 Å². The summed E-state index contributed by atoms with van der Waals surface area (Å²) in [6.07, 6.45) is -1.70. The molecule has 0 bridgehead atoms. The van der Waals surface area contributed by atoms with Gasteiger partial charge in [-0.1, -0.05) is 19.9 Å². The van der Waals surface area contributed by atoms with E-state index in [9.17, 15) is 27.5 Å². The van der Waals surface area contributed by atoms with Crippen LogP contribution < -0.4 is 5.32 Å². The van der Waals surface area contributed by atoms with Crippen molar-refractivity contribution in [2.75, 3.05) is 13.2 Å². The molecule has 0 fully saturated rings. The second-order valence-electron chi connectivity index (χ2n) is 8.28. The standard InChI is InChI=1S/C22H26F4N4O2/c1-13(2)9-20-27-11-15-5-7-30(12-19(15)28-20)21(32)29-18(6-8-31)14-3-4-16(17(23)10-14)22(24,25)26/h3-4,10-11,13,18,31H,5-9,12H2,1-2H3,(H,29,32)/t18-/m1/s1. The first-order chi connectivity index (χ1) is 15.1. The van der Waals surface area contributed by atoms with Crippen LogP contribution in [0.3, 0.4) is 0 Å². The molecule has 2 amide bonds. The fourth-order valence-corrected chi connectivity index (χ4v) is 3.65. The maximum absolute atomic E-state index is 14.0.